The normalized spacial score (nSPS) is 20.0. The molecular weight excluding hydrogens is 322 g/mol. The van der Waals surface area contributed by atoms with Crippen LogP contribution >= 0.6 is 0 Å². The Balaban J connectivity index is 1.68. The highest BCUT2D eigenvalue weighted by atomic mass is 16.5. The summed E-state index contributed by atoms with van der Waals surface area (Å²) in [6, 6.07) is 5.39. The fourth-order valence-electron chi connectivity index (χ4n) is 3.11. The maximum Gasteiger partial charge on any atom is 0.228 e. The predicted molar refractivity (Wildman–Crippen MR) is 92.0 cm³/mol. The Morgan fingerprint density at radius 2 is 2.20 bits per heavy atom. The summed E-state index contributed by atoms with van der Waals surface area (Å²) in [4.78, 5) is 18.9. The Labute approximate surface area is 146 Å². The van der Waals surface area contributed by atoms with Crippen LogP contribution in [0.1, 0.15) is 12.1 Å². The molecule has 0 spiro atoms. The van der Waals surface area contributed by atoms with Gasteiger partial charge in [0.25, 0.3) is 0 Å². The Morgan fingerprint density at radius 1 is 1.36 bits per heavy atom. The van der Waals surface area contributed by atoms with Crippen LogP contribution in [0.15, 0.2) is 30.6 Å². The van der Waals surface area contributed by atoms with Crippen molar-refractivity contribution in [2.75, 3.05) is 26.5 Å². The van der Waals surface area contributed by atoms with Gasteiger partial charge < -0.3 is 20.1 Å². The van der Waals surface area contributed by atoms with Gasteiger partial charge in [-0.2, -0.15) is 5.10 Å². The Bertz CT molecular complexity index is 715. The molecule has 8 heteroatoms. The molecule has 3 rings (SSSR count). The molecule has 0 unspecified atom stereocenters. The van der Waals surface area contributed by atoms with Crippen molar-refractivity contribution >= 4 is 11.7 Å². The third-order valence-corrected chi connectivity index (χ3v) is 4.45. The SMILES string of the molecule is COc1ccc(CC(=O)N2C[C@@H](OC)C[C@H]2Cn2ccc(N)n2)nc1. The number of nitrogen functional groups attached to an aromatic ring is 1. The quantitative estimate of drug-likeness (QED) is 0.829. The minimum Gasteiger partial charge on any atom is -0.495 e. The second-order valence-electron chi connectivity index (χ2n) is 6.12. The van der Waals surface area contributed by atoms with Crippen LogP contribution in [0.5, 0.6) is 5.75 Å². The van der Waals surface area contributed by atoms with Gasteiger partial charge in [-0.15, -0.1) is 0 Å². The van der Waals surface area contributed by atoms with Gasteiger partial charge in [-0.3, -0.25) is 14.5 Å². The van der Waals surface area contributed by atoms with E-state index in [1.807, 2.05) is 23.2 Å². The average molecular weight is 345 g/mol. The first kappa shape index (κ1) is 17.2. The van der Waals surface area contributed by atoms with Crippen LogP contribution in [-0.2, 0) is 22.5 Å². The molecule has 1 amide bonds. The van der Waals surface area contributed by atoms with Crippen molar-refractivity contribution in [1.29, 1.82) is 0 Å². The summed E-state index contributed by atoms with van der Waals surface area (Å²) in [6.45, 7) is 1.17. The summed E-state index contributed by atoms with van der Waals surface area (Å²) in [5.41, 5.74) is 6.39. The van der Waals surface area contributed by atoms with Crippen LogP contribution in [0.2, 0.25) is 0 Å². The van der Waals surface area contributed by atoms with Gasteiger partial charge in [0.15, 0.2) is 0 Å². The van der Waals surface area contributed by atoms with Crippen molar-refractivity contribution in [2.24, 2.45) is 0 Å². The number of carbonyl (C=O) groups is 1. The van der Waals surface area contributed by atoms with Gasteiger partial charge in [0.2, 0.25) is 5.91 Å². The molecule has 1 aliphatic heterocycles. The highest BCUT2D eigenvalue weighted by Crippen LogP contribution is 2.23. The number of hydrogen-bond donors (Lipinski definition) is 1. The number of amides is 1. The Hall–Kier alpha value is -2.61. The van der Waals surface area contributed by atoms with Gasteiger partial charge >= 0.3 is 0 Å². The number of pyridine rings is 1. The molecule has 0 radical (unpaired) electrons. The van der Waals surface area contributed by atoms with Gasteiger partial charge in [0, 0.05) is 25.5 Å². The zero-order valence-electron chi connectivity index (χ0n) is 14.5. The number of nitrogens with zero attached hydrogens (tertiary/aromatic N) is 4. The van der Waals surface area contributed by atoms with Crippen molar-refractivity contribution in [3.63, 3.8) is 0 Å². The molecule has 0 aliphatic carbocycles. The van der Waals surface area contributed by atoms with Gasteiger partial charge in [0.05, 0.1) is 38.4 Å². The van der Waals surface area contributed by atoms with E-state index in [0.717, 1.165) is 6.42 Å². The van der Waals surface area contributed by atoms with E-state index in [1.165, 1.54) is 0 Å². The molecule has 2 aromatic rings. The lowest BCUT2D eigenvalue weighted by Crippen LogP contribution is -2.39. The summed E-state index contributed by atoms with van der Waals surface area (Å²) in [7, 11) is 3.26. The molecule has 0 saturated carbocycles. The molecule has 25 heavy (non-hydrogen) atoms. The molecule has 2 N–H and O–H groups in total. The topological polar surface area (TPSA) is 95.5 Å². The highest BCUT2D eigenvalue weighted by molar-refractivity contribution is 5.79. The van der Waals surface area contributed by atoms with Crippen molar-refractivity contribution in [1.82, 2.24) is 19.7 Å². The standard InChI is InChI=1S/C17H23N5O3/c1-24-14-4-3-12(19-9-14)7-17(23)22-11-15(25-2)8-13(22)10-21-6-5-16(18)20-21/h3-6,9,13,15H,7-8,10-11H2,1-2H3,(H2,18,20)/t13-,15-/m0/s1. The molecule has 0 bridgehead atoms. The van der Waals surface area contributed by atoms with E-state index in [4.69, 9.17) is 15.2 Å². The molecule has 1 saturated heterocycles. The van der Waals surface area contributed by atoms with Crippen LogP contribution in [0.25, 0.3) is 0 Å². The number of ether oxygens (including phenoxy) is 2. The Morgan fingerprint density at radius 3 is 2.80 bits per heavy atom. The molecule has 1 aliphatic rings. The number of anilines is 1. The van der Waals surface area contributed by atoms with Crippen molar-refractivity contribution < 1.29 is 14.3 Å². The van der Waals surface area contributed by atoms with Gasteiger partial charge in [-0.25, -0.2) is 0 Å². The minimum absolute atomic E-state index is 0.0231. The third-order valence-electron chi connectivity index (χ3n) is 4.45. The summed E-state index contributed by atoms with van der Waals surface area (Å²) in [5, 5.41) is 4.21. The summed E-state index contributed by atoms with van der Waals surface area (Å²) >= 11 is 0. The number of methoxy groups -OCH3 is 2. The lowest BCUT2D eigenvalue weighted by Gasteiger charge is -2.24. The molecule has 0 aromatic carbocycles. The van der Waals surface area contributed by atoms with E-state index < -0.39 is 0 Å². The van der Waals surface area contributed by atoms with E-state index >= 15 is 0 Å². The lowest BCUT2D eigenvalue weighted by molar-refractivity contribution is -0.131. The first-order valence-corrected chi connectivity index (χ1v) is 8.19. The van der Waals surface area contributed by atoms with Crippen molar-refractivity contribution in [2.45, 2.75) is 31.5 Å². The van der Waals surface area contributed by atoms with E-state index in [0.29, 0.717) is 30.4 Å². The van der Waals surface area contributed by atoms with E-state index in [2.05, 4.69) is 10.1 Å². The molecule has 3 heterocycles. The number of rotatable bonds is 6. The van der Waals surface area contributed by atoms with Crippen LogP contribution in [0.3, 0.4) is 0 Å². The van der Waals surface area contributed by atoms with E-state index in [9.17, 15) is 4.79 Å². The fourth-order valence-corrected chi connectivity index (χ4v) is 3.11. The lowest BCUT2D eigenvalue weighted by atomic mass is 10.2. The van der Waals surface area contributed by atoms with E-state index in [1.54, 1.807) is 31.2 Å². The number of aromatic nitrogens is 3. The number of nitrogens with two attached hydrogens (primary N) is 1. The first-order chi connectivity index (χ1) is 12.1. The maximum absolute atomic E-state index is 12.8. The molecule has 2 aromatic heterocycles. The monoisotopic (exact) mass is 345 g/mol. The predicted octanol–water partition coefficient (Wildman–Crippen LogP) is 0.728. The summed E-state index contributed by atoms with van der Waals surface area (Å²) < 4.78 is 12.3. The van der Waals surface area contributed by atoms with Crippen LogP contribution in [0.4, 0.5) is 5.82 Å². The van der Waals surface area contributed by atoms with Crippen molar-refractivity contribution in [3.8, 4) is 5.75 Å². The minimum atomic E-state index is 0.0231. The second kappa shape index (κ2) is 7.52. The average Bonchev–Trinajstić information content (AvgIpc) is 3.22. The number of hydrogen-bond acceptors (Lipinski definition) is 6. The zero-order valence-corrected chi connectivity index (χ0v) is 14.5. The smallest absolute Gasteiger partial charge is 0.228 e. The van der Waals surface area contributed by atoms with Gasteiger partial charge in [-0.1, -0.05) is 0 Å². The Kier molecular flexibility index (Phi) is 5.18. The number of likely N-dealkylation sites (tertiary alicyclic amines) is 1. The molecule has 8 nitrogen and oxygen atoms in total. The molecular formula is C17H23N5O3. The molecule has 134 valence electrons. The first-order valence-electron chi connectivity index (χ1n) is 8.19. The van der Waals surface area contributed by atoms with Crippen LogP contribution in [0, 0.1) is 0 Å². The maximum atomic E-state index is 12.8. The second-order valence-corrected chi connectivity index (χ2v) is 6.12. The van der Waals surface area contributed by atoms with Crippen LogP contribution in [-0.4, -0.2) is 58.5 Å². The highest BCUT2D eigenvalue weighted by Gasteiger charge is 2.35. The number of carbonyl (C=O) groups excluding carboxylic acids is 1. The molecule has 2 atom stereocenters. The van der Waals surface area contributed by atoms with Crippen LogP contribution < -0.4 is 10.5 Å². The largest absolute Gasteiger partial charge is 0.495 e. The third kappa shape index (κ3) is 4.08. The summed E-state index contributed by atoms with van der Waals surface area (Å²) in [5.74, 6) is 1.18. The van der Waals surface area contributed by atoms with Crippen molar-refractivity contribution in [3.05, 3.63) is 36.3 Å². The van der Waals surface area contributed by atoms with Gasteiger partial charge in [0.1, 0.15) is 11.6 Å². The molecule has 1 fully saturated rings. The fraction of sp³-hybridized carbons (Fsp3) is 0.471. The zero-order chi connectivity index (χ0) is 17.8. The van der Waals surface area contributed by atoms with Gasteiger partial charge in [-0.05, 0) is 24.6 Å². The summed E-state index contributed by atoms with van der Waals surface area (Å²) in [6.07, 6.45) is 4.50. The van der Waals surface area contributed by atoms with E-state index in [-0.39, 0.29) is 24.5 Å².